The summed E-state index contributed by atoms with van der Waals surface area (Å²) in [4.78, 5) is 19.3. The molecule has 1 saturated carbocycles. The standard InChI is InChI=1S/C28H34N4O2/c1-5-12-30(2)13-11-20-15-24-23(14-22(20)18-33)29-28(31(24)3)25-16-21-7-6-8-26(34-4)27(21)32(25)17-19-9-10-19/h6-8,14-16,18-19H,5,9-13,17H2,1-4H3. The Morgan fingerprint density at radius 2 is 2.03 bits per heavy atom. The molecule has 2 aromatic heterocycles. The minimum atomic E-state index is 0.710. The number of ether oxygens (including phenoxy) is 1. The zero-order chi connectivity index (χ0) is 23.8. The van der Waals surface area contributed by atoms with Gasteiger partial charge in [0.15, 0.2) is 5.82 Å². The zero-order valence-corrected chi connectivity index (χ0v) is 20.7. The Kier molecular flexibility index (Phi) is 6.17. The number of nitrogens with zero attached hydrogens (tertiary/aromatic N) is 4. The Morgan fingerprint density at radius 3 is 2.74 bits per heavy atom. The quantitative estimate of drug-likeness (QED) is 0.302. The molecule has 6 nitrogen and oxygen atoms in total. The van der Waals surface area contributed by atoms with E-state index in [0.717, 1.165) is 89.1 Å². The molecule has 0 atom stereocenters. The summed E-state index contributed by atoms with van der Waals surface area (Å²) in [5.74, 6) is 2.53. The van der Waals surface area contributed by atoms with Crippen molar-refractivity contribution in [3.05, 3.63) is 47.5 Å². The van der Waals surface area contributed by atoms with Gasteiger partial charge in [0.2, 0.25) is 0 Å². The summed E-state index contributed by atoms with van der Waals surface area (Å²) in [5, 5.41) is 1.16. The highest BCUT2D eigenvalue weighted by molar-refractivity contribution is 5.93. The van der Waals surface area contributed by atoms with Gasteiger partial charge < -0.3 is 18.8 Å². The average Bonchev–Trinajstić information content (AvgIpc) is 3.51. The predicted molar refractivity (Wildman–Crippen MR) is 138 cm³/mol. The zero-order valence-electron chi connectivity index (χ0n) is 20.7. The van der Waals surface area contributed by atoms with E-state index in [1.54, 1.807) is 7.11 Å². The smallest absolute Gasteiger partial charge is 0.157 e. The Balaban J connectivity index is 1.62. The van der Waals surface area contributed by atoms with Gasteiger partial charge in [0.05, 0.1) is 29.4 Å². The summed E-state index contributed by atoms with van der Waals surface area (Å²) in [5.41, 5.74) is 5.97. The molecule has 0 radical (unpaired) electrons. The molecular formula is C28H34N4O2. The highest BCUT2D eigenvalue weighted by Crippen LogP contribution is 2.39. The minimum Gasteiger partial charge on any atom is -0.495 e. The van der Waals surface area contributed by atoms with E-state index >= 15 is 0 Å². The molecule has 5 rings (SSSR count). The summed E-state index contributed by atoms with van der Waals surface area (Å²) in [6.07, 6.45) is 5.49. The molecule has 1 aliphatic rings. The number of imidazole rings is 1. The van der Waals surface area contributed by atoms with Crippen molar-refractivity contribution in [2.45, 2.75) is 39.2 Å². The van der Waals surface area contributed by atoms with Crippen LogP contribution in [0.1, 0.15) is 42.1 Å². The number of aromatic nitrogens is 3. The molecule has 0 bridgehead atoms. The normalized spacial score (nSPS) is 13.9. The number of likely N-dealkylation sites (N-methyl/N-ethyl adjacent to an activating group) is 1. The number of hydrogen-bond acceptors (Lipinski definition) is 4. The van der Waals surface area contributed by atoms with Gasteiger partial charge in [-0.2, -0.15) is 0 Å². The summed E-state index contributed by atoms with van der Waals surface area (Å²) < 4.78 is 10.3. The number of fused-ring (bicyclic) bond motifs is 2. The van der Waals surface area contributed by atoms with E-state index in [9.17, 15) is 4.79 Å². The van der Waals surface area contributed by atoms with E-state index in [1.165, 1.54) is 12.8 Å². The second-order valence-electron chi connectivity index (χ2n) is 9.69. The number of carbonyl (C=O) groups is 1. The van der Waals surface area contributed by atoms with E-state index in [2.05, 4.69) is 53.3 Å². The Morgan fingerprint density at radius 1 is 1.21 bits per heavy atom. The van der Waals surface area contributed by atoms with Crippen LogP contribution in [0.5, 0.6) is 5.75 Å². The van der Waals surface area contributed by atoms with Crippen LogP contribution >= 0.6 is 0 Å². The van der Waals surface area contributed by atoms with Gasteiger partial charge in [0.25, 0.3) is 0 Å². The van der Waals surface area contributed by atoms with Gasteiger partial charge in [0, 0.05) is 31.1 Å². The Labute approximate surface area is 201 Å². The first-order valence-electron chi connectivity index (χ1n) is 12.3. The van der Waals surface area contributed by atoms with E-state index in [1.807, 2.05) is 18.2 Å². The molecule has 34 heavy (non-hydrogen) atoms. The third-order valence-corrected chi connectivity index (χ3v) is 7.11. The number of rotatable bonds is 10. The van der Waals surface area contributed by atoms with E-state index in [4.69, 9.17) is 9.72 Å². The van der Waals surface area contributed by atoms with Crippen molar-refractivity contribution in [3.63, 3.8) is 0 Å². The van der Waals surface area contributed by atoms with Gasteiger partial charge >= 0.3 is 0 Å². The molecule has 6 heteroatoms. The molecule has 1 fully saturated rings. The van der Waals surface area contributed by atoms with Crippen molar-refractivity contribution in [1.82, 2.24) is 19.0 Å². The number of aryl methyl sites for hydroxylation is 1. The summed E-state index contributed by atoms with van der Waals surface area (Å²) >= 11 is 0. The number of methoxy groups -OCH3 is 1. The average molecular weight is 459 g/mol. The molecule has 0 amide bonds. The van der Waals surface area contributed by atoms with Crippen molar-refractivity contribution >= 4 is 28.2 Å². The maximum atomic E-state index is 11.9. The third kappa shape index (κ3) is 4.11. The topological polar surface area (TPSA) is 52.3 Å². The molecule has 1 aliphatic carbocycles. The molecular weight excluding hydrogens is 424 g/mol. The van der Waals surface area contributed by atoms with Crippen LogP contribution in [0.3, 0.4) is 0 Å². The van der Waals surface area contributed by atoms with E-state index in [-0.39, 0.29) is 0 Å². The van der Waals surface area contributed by atoms with Crippen LogP contribution in [-0.4, -0.2) is 52.6 Å². The second-order valence-corrected chi connectivity index (χ2v) is 9.69. The van der Waals surface area contributed by atoms with Gasteiger partial charge in [0.1, 0.15) is 12.0 Å². The minimum absolute atomic E-state index is 0.710. The number of aldehydes is 1. The fourth-order valence-corrected chi connectivity index (χ4v) is 5.05. The van der Waals surface area contributed by atoms with Crippen LogP contribution < -0.4 is 4.74 Å². The first-order valence-corrected chi connectivity index (χ1v) is 12.3. The molecule has 0 N–H and O–H groups in total. The lowest BCUT2D eigenvalue weighted by Gasteiger charge is -2.16. The first kappa shape index (κ1) is 22.7. The van der Waals surface area contributed by atoms with Crippen LogP contribution in [0.2, 0.25) is 0 Å². The lowest BCUT2D eigenvalue weighted by Crippen LogP contribution is -2.22. The van der Waals surface area contributed by atoms with Crippen LogP contribution in [-0.2, 0) is 20.0 Å². The SMILES string of the molecule is CCCN(C)CCc1cc2c(cc1C=O)nc(-c1cc3cccc(OC)c3n1CC1CC1)n2C. The monoisotopic (exact) mass is 458 g/mol. The van der Waals surface area contributed by atoms with Gasteiger partial charge in [-0.15, -0.1) is 0 Å². The molecule has 2 aromatic carbocycles. The van der Waals surface area contributed by atoms with Gasteiger partial charge in [-0.05, 0) is 75.0 Å². The van der Waals surface area contributed by atoms with Crippen molar-refractivity contribution in [2.24, 2.45) is 13.0 Å². The third-order valence-electron chi connectivity index (χ3n) is 7.11. The Bertz CT molecular complexity index is 1350. The maximum absolute atomic E-state index is 11.9. The number of para-hydroxylation sites is 1. The predicted octanol–water partition coefficient (Wildman–Crippen LogP) is 5.31. The number of hydrogen-bond donors (Lipinski definition) is 0. The largest absolute Gasteiger partial charge is 0.495 e. The van der Waals surface area contributed by atoms with Crippen molar-refractivity contribution in [3.8, 4) is 17.3 Å². The van der Waals surface area contributed by atoms with Crippen molar-refractivity contribution in [1.29, 1.82) is 0 Å². The van der Waals surface area contributed by atoms with Crippen LogP contribution in [0, 0.1) is 5.92 Å². The van der Waals surface area contributed by atoms with E-state index < -0.39 is 0 Å². The summed E-state index contributed by atoms with van der Waals surface area (Å²) in [7, 11) is 5.95. The molecule has 2 heterocycles. The lowest BCUT2D eigenvalue weighted by atomic mass is 10.0. The second kappa shape index (κ2) is 9.26. The van der Waals surface area contributed by atoms with Gasteiger partial charge in [-0.3, -0.25) is 4.79 Å². The van der Waals surface area contributed by atoms with Crippen LogP contribution in [0.4, 0.5) is 0 Å². The number of benzene rings is 2. The van der Waals surface area contributed by atoms with Gasteiger partial charge in [-0.1, -0.05) is 19.1 Å². The molecule has 0 unspecified atom stereocenters. The van der Waals surface area contributed by atoms with Crippen LogP contribution in [0.25, 0.3) is 33.5 Å². The fourth-order valence-electron chi connectivity index (χ4n) is 5.05. The van der Waals surface area contributed by atoms with Crippen LogP contribution in [0.15, 0.2) is 36.4 Å². The van der Waals surface area contributed by atoms with E-state index in [0.29, 0.717) is 5.92 Å². The fraction of sp³-hybridized carbons (Fsp3) is 0.429. The highest BCUT2D eigenvalue weighted by atomic mass is 16.5. The number of carbonyl (C=O) groups excluding carboxylic acids is 1. The maximum Gasteiger partial charge on any atom is 0.157 e. The molecule has 178 valence electrons. The molecule has 4 aromatic rings. The van der Waals surface area contributed by atoms with Crippen molar-refractivity contribution < 1.29 is 9.53 Å². The molecule has 0 saturated heterocycles. The summed E-state index contributed by atoms with van der Waals surface area (Å²) in [6.45, 7) is 5.15. The van der Waals surface area contributed by atoms with Crippen molar-refractivity contribution in [2.75, 3.05) is 27.2 Å². The first-order chi connectivity index (χ1) is 16.5. The highest BCUT2D eigenvalue weighted by Gasteiger charge is 2.26. The summed E-state index contributed by atoms with van der Waals surface area (Å²) in [6, 6.07) is 12.5. The van der Waals surface area contributed by atoms with Gasteiger partial charge in [-0.25, -0.2) is 4.98 Å². The lowest BCUT2D eigenvalue weighted by molar-refractivity contribution is 0.112. The Hall–Kier alpha value is -3.12. The molecule has 0 aliphatic heterocycles. The molecule has 0 spiro atoms.